The summed E-state index contributed by atoms with van der Waals surface area (Å²) in [6.45, 7) is 0.386. The summed E-state index contributed by atoms with van der Waals surface area (Å²) in [5.41, 5.74) is 0.907. The fourth-order valence-corrected chi connectivity index (χ4v) is 3.24. The Kier molecular flexibility index (Phi) is 4.95. The second-order valence-corrected chi connectivity index (χ2v) is 7.32. The molecule has 1 heterocycles. The van der Waals surface area contributed by atoms with E-state index >= 15 is 0 Å². The highest BCUT2D eigenvalue weighted by molar-refractivity contribution is 14.1. The molecule has 2 rings (SSSR count). The first-order valence-electron chi connectivity index (χ1n) is 5.63. The fraction of sp³-hybridized carbons (Fsp3) is 0.167. The smallest absolute Gasteiger partial charge is 0.273 e. The van der Waals surface area contributed by atoms with Gasteiger partial charge in [0.1, 0.15) is 5.76 Å². The van der Waals surface area contributed by atoms with Crippen molar-refractivity contribution in [1.82, 2.24) is 4.72 Å². The van der Waals surface area contributed by atoms with Crippen molar-refractivity contribution in [3.8, 4) is 0 Å². The van der Waals surface area contributed by atoms with Crippen LogP contribution in [0.15, 0.2) is 39.8 Å². The van der Waals surface area contributed by atoms with Gasteiger partial charge in [0.2, 0.25) is 5.09 Å². The molecular weight excluding hydrogens is 415 g/mol. The lowest BCUT2D eigenvalue weighted by molar-refractivity contribution is 0.417. The topological polar surface area (TPSA) is 71.3 Å². The first-order chi connectivity index (χ1) is 9.42. The number of hydrogen-bond donors (Lipinski definition) is 2. The van der Waals surface area contributed by atoms with Crippen LogP contribution in [0.5, 0.6) is 0 Å². The molecule has 2 aromatic rings. The van der Waals surface area contributed by atoms with Gasteiger partial charge in [-0.2, -0.15) is 0 Å². The van der Waals surface area contributed by atoms with Gasteiger partial charge < -0.3 is 9.73 Å². The number of nitrogens with one attached hydrogen (secondary N) is 2. The van der Waals surface area contributed by atoms with E-state index < -0.39 is 10.0 Å². The van der Waals surface area contributed by atoms with Crippen LogP contribution in [0.4, 0.5) is 5.69 Å². The van der Waals surface area contributed by atoms with Crippen LogP contribution in [0.25, 0.3) is 0 Å². The van der Waals surface area contributed by atoms with E-state index in [-0.39, 0.29) is 5.09 Å². The molecule has 5 nitrogen and oxygen atoms in total. The summed E-state index contributed by atoms with van der Waals surface area (Å²) in [5, 5.41) is 3.74. The van der Waals surface area contributed by atoms with Gasteiger partial charge in [-0.1, -0.05) is 11.6 Å². The molecule has 0 fully saturated rings. The van der Waals surface area contributed by atoms with Crippen LogP contribution in [0, 0.1) is 3.57 Å². The Bertz CT molecular complexity index is 715. The van der Waals surface area contributed by atoms with E-state index in [0.717, 1.165) is 9.26 Å². The quantitative estimate of drug-likeness (QED) is 0.721. The first-order valence-corrected chi connectivity index (χ1v) is 8.57. The molecule has 1 aromatic heterocycles. The number of sulfonamides is 1. The van der Waals surface area contributed by atoms with Crippen molar-refractivity contribution in [2.24, 2.45) is 0 Å². The Morgan fingerprint density at radius 1 is 1.30 bits per heavy atom. The summed E-state index contributed by atoms with van der Waals surface area (Å²) >= 11 is 8.05. The largest absolute Gasteiger partial charge is 0.446 e. The van der Waals surface area contributed by atoms with E-state index in [1.165, 1.54) is 13.1 Å². The van der Waals surface area contributed by atoms with Gasteiger partial charge in [-0.05, 0) is 60.0 Å². The summed E-state index contributed by atoms with van der Waals surface area (Å²) in [6, 6.07) is 8.53. The van der Waals surface area contributed by atoms with Crippen LogP contribution < -0.4 is 10.0 Å². The van der Waals surface area contributed by atoms with Crippen molar-refractivity contribution >= 4 is 49.9 Å². The maximum Gasteiger partial charge on any atom is 0.273 e. The lowest BCUT2D eigenvalue weighted by atomic mass is 10.3. The highest BCUT2D eigenvalue weighted by Crippen LogP contribution is 2.23. The molecule has 1 aromatic carbocycles. The predicted molar refractivity (Wildman–Crippen MR) is 86.4 cm³/mol. The Morgan fingerprint density at radius 3 is 2.70 bits per heavy atom. The maximum absolute atomic E-state index is 11.5. The summed E-state index contributed by atoms with van der Waals surface area (Å²) in [4.78, 5) is 0. The highest BCUT2D eigenvalue weighted by Gasteiger charge is 2.16. The van der Waals surface area contributed by atoms with E-state index in [0.29, 0.717) is 17.3 Å². The lowest BCUT2D eigenvalue weighted by Gasteiger charge is -2.07. The third kappa shape index (κ3) is 3.66. The second-order valence-electron chi connectivity index (χ2n) is 3.91. The molecule has 0 aliphatic carbocycles. The average molecular weight is 427 g/mol. The van der Waals surface area contributed by atoms with E-state index in [2.05, 4.69) is 32.6 Å². The number of anilines is 1. The Hall–Kier alpha value is -0.770. The molecule has 0 atom stereocenters. The van der Waals surface area contributed by atoms with Crippen LogP contribution in [0.2, 0.25) is 5.02 Å². The van der Waals surface area contributed by atoms with Gasteiger partial charge in [0.15, 0.2) is 0 Å². The van der Waals surface area contributed by atoms with Crippen LogP contribution in [-0.2, 0) is 16.6 Å². The molecule has 0 unspecified atom stereocenters. The Balaban J connectivity index is 2.08. The van der Waals surface area contributed by atoms with Crippen LogP contribution in [0.3, 0.4) is 0 Å². The van der Waals surface area contributed by atoms with Crippen LogP contribution >= 0.6 is 34.2 Å². The standard InChI is InChI=1S/C12H12ClIN2O3S/c1-15-20(17,18)12-5-3-9(19-12)7-16-11-4-2-8(13)6-10(11)14/h2-6,15-16H,7H2,1H3. The minimum atomic E-state index is -3.54. The maximum atomic E-state index is 11.5. The average Bonchev–Trinajstić information content (AvgIpc) is 2.87. The minimum Gasteiger partial charge on any atom is -0.446 e. The molecule has 0 saturated heterocycles. The molecular formula is C12H12ClIN2O3S. The summed E-state index contributed by atoms with van der Waals surface area (Å²) in [5.74, 6) is 0.532. The van der Waals surface area contributed by atoms with Gasteiger partial charge in [0.25, 0.3) is 10.0 Å². The number of rotatable bonds is 5. The molecule has 108 valence electrons. The summed E-state index contributed by atoms with van der Waals surface area (Å²) in [6.07, 6.45) is 0. The van der Waals surface area contributed by atoms with E-state index in [1.807, 2.05) is 12.1 Å². The molecule has 0 amide bonds. The van der Waals surface area contributed by atoms with Crippen molar-refractivity contribution in [2.75, 3.05) is 12.4 Å². The number of furan rings is 1. The Morgan fingerprint density at radius 2 is 2.05 bits per heavy atom. The molecule has 0 saturated carbocycles. The molecule has 0 aliphatic heterocycles. The highest BCUT2D eigenvalue weighted by atomic mass is 127. The van der Waals surface area contributed by atoms with Gasteiger partial charge in [-0.3, -0.25) is 0 Å². The number of benzene rings is 1. The number of hydrogen-bond acceptors (Lipinski definition) is 4. The van der Waals surface area contributed by atoms with E-state index in [9.17, 15) is 8.42 Å². The fourth-order valence-electron chi connectivity index (χ4n) is 1.51. The number of halogens is 2. The van der Waals surface area contributed by atoms with Crippen LogP contribution in [0.1, 0.15) is 5.76 Å². The van der Waals surface area contributed by atoms with Gasteiger partial charge in [-0.15, -0.1) is 0 Å². The van der Waals surface area contributed by atoms with Crippen molar-refractivity contribution in [1.29, 1.82) is 0 Å². The van der Waals surface area contributed by atoms with Crippen molar-refractivity contribution in [3.05, 3.63) is 44.7 Å². The van der Waals surface area contributed by atoms with Gasteiger partial charge in [0, 0.05) is 14.3 Å². The van der Waals surface area contributed by atoms with Gasteiger partial charge >= 0.3 is 0 Å². The SMILES string of the molecule is CNS(=O)(=O)c1ccc(CNc2ccc(Cl)cc2I)o1. The van der Waals surface area contributed by atoms with E-state index in [1.54, 1.807) is 12.1 Å². The lowest BCUT2D eigenvalue weighted by Crippen LogP contribution is -2.17. The zero-order chi connectivity index (χ0) is 14.8. The minimum absolute atomic E-state index is 0.0948. The normalized spacial score (nSPS) is 11.6. The molecule has 0 spiro atoms. The van der Waals surface area contributed by atoms with Gasteiger partial charge in [-0.25, -0.2) is 13.1 Å². The third-order valence-electron chi connectivity index (χ3n) is 2.55. The molecule has 8 heteroatoms. The van der Waals surface area contributed by atoms with Crippen molar-refractivity contribution in [2.45, 2.75) is 11.6 Å². The van der Waals surface area contributed by atoms with Gasteiger partial charge in [0.05, 0.1) is 6.54 Å². The molecule has 0 bridgehead atoms. The summed E-state index contributed by atoms with van der Waals surface area (Å²) < 4.78 is 31.5. The zero-order valence-electron chi connectivity index (χ0n) is 10.5. The molecule has 20 heavy (non-hydrogen) atoms. The van der Waals surface area contributed by atoms with Crippen LogP contribution in [-0.4, -0.2) is 15.5 Å². The third-order valence-corrected chi connectivity index (χ3v) is 4.97. The van der Waals surface area contributed by atoms with Crippen molar-refractivity contribution < 1.29 is 12.8 Å². The first kappa shape index (κ1) is 15.6. The predicted octanol–water partition coefficient (Wildman–Crippen LogP) is 3.06. The Labute approximate surface area is 135 Å². The molecule has 0 aliphatic rings. The zero-order valence-corrected chi connectivity index (χ0v) is 14.2. The second kappa shape index (κ2) is 6.33. The monoisotopic (exact) mass is 426 g/mol. The molecule has 0 radical (unpaired) electrons. The van der Waals surface area contributed by atoms with E-state index in [4.69, 9.17) is 16.0 Å². The van der Waals surface area contributed by atoms with Crippen molar-refractivity contribution in [3.63, 3.8) is 0 Å². The summed E-state index contributed by atoms with van der Waals surface area (Å²) in [7, 11) is -2.20. The molecule has 2 N–H and O–H groups in total.